The van der Waals surface area contributed by atoms with Gasteiger partial charge in [-0.15, -0.1) is 0 Å². The number of nitriles is 1. The lowest BCUT2D eigenvalue weighted by atomic mass is 9.80. The van der Waals surface area contributed by atoms with Crippen LogP contribution < -0.4 is 0 Å². The van der Waals surface area contributed by atoms with E-state index in [0.29, 0.717) is 17.9 Å². The zero-order chi connectivity index (χ0) is 10.8. The fourth-order valence-corrected chi connectivity index (χ4v) is 2.16. The van der Waals surface area contributed by atoms with Gasteiger partial charge in [-0.25, -0.2) is 0 Å². The van der Waals surface area contributed by atoms with E-state index >= 15 is 0 Å². The van der Waals surface area contributed by atoms with Crippen molar-refractivity contribution in [2.75, 3.05) is 13.1 Å². The van der Waals surface area contributed by atoms with E-state index < -0.39 is 0 Å². The minimum atomic E-state index is 0.418. The summed E-state index contributed by atoms with van der Waals surface area (Å²) < 4.78 is 0. The average Bonchev–Trinajstić information content (AvgIpc) is 2.51. The lowest BCUT2D eigenvalue weighted by Gasteiger charge is -2.28. The molecule has 0 amide bonds. The molecule has 2 heteroatoms. The monoisotopic (exact) mass is 194 g/mol. The van der Waals surface area contributed by atoms with Crippen LogP contribution in [0.5, 0.6) is 0 Å². The van der Waals surface area contributed by atoms with Crippen molar-refractivity contribution in [3.05, 3.63) is 0 Å². The summed E-state index contributed by atoms with van der Waals surface area (Å²) in [5.74, 6) is 0.795. The summed E-state index contributed by atoms with van der Waals surface area (Å²) in [5, 5.41) is 8.65. The molecule has 1 rings (SSSR count). The van der Waals surface area contributed by atoms with Gasteiger partial charge < -0.3 is 0 Å². The largest absolute Gasteiger partial charge is 0.299 e. The lowest BCUT2D eigenvalue weighted by molar-refractivity contribution is 0.203. The first kappa shape index (κ1) is 11.5. The van der Waals surface area contributed by atoms with E-state index in [2.05, 4.69) is 38.7 Å². The zero-order valence-corrected chi connectivity index (χ0v) is 9.88. The first-order chi connectivity index (χ1) is 6.45. The van der Waals surface area contributed by atoms with Crippen LogP contribution in [0.1, 0.15) is 40.5 Å². The van der Waals surface area contributed by atoms with Crippen LogP contribution in [0.2, 0.25) is 0 Å². The van der Waals surface area contributed by atoms with Crippen molar-refractivity contribution < 1.29 is 0 Å². The molecular formula is C12H22N2. The Kier molecular flexibility index (Phi) is 3.55. The molecule has 0 N–H and O–H groups in total. The fraction of sp³-hybridized carbons (Fsp3) is 0.917. The molecule has 1 aliphatic rings. The quantitative estimate of drug-likeness (QED) is 0.675. The van der Waals surface area contributed by atoms with Crippen LogP contribution in [-0.4, -0.2) is 24.0 Å². The first-order valence-corrected chi connectivity index (χ1v) is 5.56. The predicted molar refractivity (Wildman–Crippen MR) is 58.8 cm³/mol. The van der Waals surface area contributed by atoms with E-state index in [1.54, 1.807) is 0 Å². The van der Waals surface area contributed by atoms with Gasteiger partial charge in [0.25, 0.3) is 0 Å². The van der Waals surface area contributed by atoms with E-state index in [0.717, 1.165) is 5.92 Å². The van der Waals surface area contributed by atoms with Crippen molar-refractivity contribution in [3.8, 4) is 6.07 Å². The molecule has 0 spiro atoms. The third-order valence-corrected chi connectivity index (χ3v) is 3.45. The van der Waals surface area contributed by atoms with E-state index in [1.807, 2.05) is 0 Å². The molecule has 0 saturated carbocycles. The highest BCUT2D eigenvalue weighted by molar-refractivity contribution is 4.88. The van der Waals surface area contributed by atoms with Crippen LogP contribution in [0.25, 0.3) is 0 Å². The molecule has 2 nitrogen and oxygen atoms in total. The minimum Gasteiger partial charge on any atom is -0.299 e. The van der Waals surface area contributed by atoms with Gasteiger partial charge in [0.2, 0.25) is 0 Å². The van der Waals surface area contributed by atoms with Gasteiger partial charge in [0.15, 0.2) is 0 Å². The van der Waals surface area contributed by atoms with Gasteiger partial charge in [-0.1, -0.05) is 20.8 Å². The maximum atomic E-state index is 8.65. The smallest absolute Gasteiger partial charge is 0.0638 e. The molecular weight excluding hydrogens is 172 g/mol. The Morgan fingerprint density at radius 2 is 2.14 bits per heavy atom. The molecule has 1 aliphatic heterocycles. The average molecular weight is 194 g/mol. The minimum absolute atomic E-state index is 0.418. The molecule has 0 radical (unpaired) electrons. The summed E-state index contributed by atoms with van der Waals surface area (Å²) in [6.45, 7) is 11.5. The molecule has 2 unspecified atom stereocenters. The van der Waals surface area contributed by atoms with Gasteiger partial charge >= 0.3 is 0 Å². The maximum Gasteiger partial charge on any atom is 0.0638 e. The lowest BCUT2D eigenvalue weighted by Crippen LogP contribution is -2.32. The van der Waals surface area contributed by atoms with Crippen LogP contribution in [0.3, 0.4) is 0 Å². The number of hydrogen-bond donors (Lipinski definition) is 0. The summed E-state index contributed by atoms with van der Waals surface area (Å²) in [4.78, 5) is 2.46. The normalized spacial score (nSPS) is 26.1. The molecule has 0 aliphatic carbocycles. The standard InChI is InChI=1S/C12H22N2/c1-10(5-7-13)14-8-6-11(9-14)12(2,3)4/h10-11H,5-6,8-9H2,1-4H3. The SMILES string of the molecule is CC(CC#N)N1CCC(C(C)(C)C)C1. The van der Waals surface area contributed by atoms with Crippen LogP contribution >= 0.6 is 0 Å². The van der Waals surface area contributed by atoms with E-state index in [1.165, 1.54) is 19.5 Å². The molecule has 2 atom stereocenters. The van der Waals surface area contributed by atoms with Crippen molar-refractivity contribution in [2.45, 2.75) is 46.6 Å². The second kappa shape index (κ2) is 4.31. The van der Waals surface area contributed by atoms with Gasteiger partial charge in [0, 0.05) is 12.6 Å². The molecule has 0 bridgehead atoms. The summed E-state index contributed by atoms with van der Waals surface area (Å²) in [6, 6.07) is 2.69. The van der Waals surface area contributed by atoms with Crippen LogP contribution in [0, 0.1) is 22.7 Å². The molecule has 0 aromatic rings. The second-order valence-corrected chi connectivity index (χ2v) is 5.56. The van der Waals surface area contributed by atoms with Gasteiger partial charge in [-0.05, 0) is 31.2 Å². The molecule has 1 fully saturated rings. The van der Waals surface area contributed by atoms with Crippen LogP contribution in [0.15, 0.2) is 0 Å². The number of nitrogens with zero attached hydrogens (tertiary/aromatic N) is 2. The van der Waals surface area contributed by atoms with Gasteiger partial charge in [0.05, 0.1) is 12.5 Å². The molecule has 14 heavy (non-hydrogen) atoms. The van der Waals surface area contributed by atoms with E-state index in [-0.39, 0.29) is 0 Å². The van der Waals surface area contributed by atoms with Gasteiger partial charge in [-0.2, -0.15) is 5.26 Å². The maximum absolute atomic E-state index is 8.65. The van der Waals surface area contributed by atoms with Crippen LogP contribution in [0.4, 0.5) is 0 Å². The topological polar surface area (TPSA) is 27.0 Å². The van der Waals surface area contributed by atoms with Crippen molar-refractivity contribution in [3.63, 3.8) is 0 Å². The number of rotatable bonds is 2. The highest BCUT2D eigenvalue weighted by Crippen LogP contribution is 2.34. The Morgan fingerprint density at radius 3 is 2.57 bits per heavy atom. The first-order valence-electron chi connectivity index (χ1n) is 5.56. The van der Waals surface area contributed by atoms with E-state index in [4.69, 9.17) is 5.26 Å². The summed E-state index contributed by atoms with van der Waals surface area (Å²) in [7, 11) is 0. The summed E-state index contributed by atoms with van der Waals surface area (Å²) in [5.41, 5.74) is 0.418. The zero-order valence-electron chi connectivity index (χ0n) is 9.88. The second-order valence-electron chi connectivity index (χ2n) is 5.56. The van der Waals surface area contributed by atoms with Gasteiger partial charge in [0.1, 0.15) is 0 Å². The van der Waals surface area contributed by atoms with Crippen molar-refractivity contribution in [1.29, 1.82) is 5.26 Å². The van der Waals surface area contributed by atoms with Crippen LogP contribution in [-0.2, 0) is 0 Å². The molecule has 1 heterocycles. The Labute approximate surface area is 87.9 Å². The Hall–Kier alpha value is -0.550. The Balaban J connectivity index is 2.46. The highest BCUT2D eigenvalue weighted by Gasteiger charge is 2.33. The number of likely N-dealkylation sites (tertiary alicyclic amines) is 1. The third-order valence-electron chi connectivity index (χ3n) is 3.45. The Morgan fingerprint density at radius 1 is 1.50 bits per heavy atom. The molecule has 80 valence electrons. The Bertz CT molecular complexity index is 221. The van der Waals surface area contributed by atoms with Crippen molar-refractivity contribution in [1.82, 2.24) is 4.90 Å². The summed E-state index contributed by atoms with van der Waals surface area (Å²) in [6.07, 6.45) is 1.95. The van der Waals surface area contributed by atoms with Crippen molar-refractivity contribution in [2.24, 2.45) is 11.3 Å². The number of hydrogen-bond acceptors (Lipinski definition) is 2. The molecule has 0 aromatic heterocycles. The van der Waals surface area contributed by atoms with Crippen molar-refractivity contribution >= 4 is 0 Å². The fourth-order valence-electron chi connectivity index (χ4n) is 2.16. The highest BCUT2D eigenvalue weighted by atomic mass is 15.2. The molecule has 0 aromatic carbocycles. The predicted octanol–water partition coefficient (Wildman–Crippen LogP) is 2.66. The third kappa shape index (κ3) is 2.72. The van der Waals surface area contributed by atoms with Gasteiger partial charge in [-0.3, -0.25) is 4.90 Å². The molecule has 1 saturated heterocycles. The van der Waals surface area contributed by atoms with E-state index in [9.17, 15) is 0 Å². The summed E-state index contributed by atoms with van der Waals surface area (Å²) >= 11 is 0.